The standard InChI is InChI=1S/C11H15NOS.C7H7NO.4C2H6/c1-3-14-8-10-6-4-5-7-11(10)12-9(2)13;8-7(9)6-4-2-1-3-5-6;4*1-2/h4-7H,3,8H2,1-2H3,(H,12,13);1-5H,(H2,8,9);4*1-2H3. The Balaban J connectivity index is -0.000000185. The fourth-order valence-corrected chi connectivity index (χ4v) is 2.45. The number of nitrogens with two attached hydrogens (primary N) is 1. The van der Waals surface area contributed by atoms with Gasteiger partial charge in [0.25, 0.3) is 0 Å². The van der Waals surface area contributed by atoms with E-state index in [1.807, 2.05) is 97.5 Å². The highest BCUT2D eigenvalue weighted by Crippen LogP contribution is 2.20. The molecule has 0 aliphatic carbocycles. The van der Waals surface area contributed by atoms with Gasteiger partial charge in [-0.1, -0.05) is 98.7 Å². The summed E-state index contributed by atoms with van der Waals surface area (Å²) in [6.07, 6.45) is 0. The van der Waals surface area contributed by atoms with Crippen LogP contribution in [0.4, 0.5) is 5.69 Å². The van der Waals surface area contributed by atoms with Gasteiger partial charge in [-0.3, -0.25) is 9.59 Å². The van der Waals surface area contributed by atoms with E-state index in [9.17, 15) is 9.59 Å². The van der Waals surface area contributed by atoms with Gasteiger partial charge in [-0.05, 0) is 29.5 Å². The van der Waals surface area contributed by atoms with Crippen molar-refractivity contribution in [1.82, 2.24) is 0 Å². The van der Waals surface area contributed by atoms with Crippen LogP contribution in [-0.4, -0.2) is 17.6 Å². The molecule has 0 bridgehead atoms. The molecule has 0 radical (unpaired) electrons. The molecule has 0 aromatic heterocycles. The van der Waals surface area contributed by atoms with Crippen molar-refractivity contribution in [3.63, 3.8) is 0 Å². The van der Waals surface area contributed by atoms with E-state index in [-0.39, 0.29) is 11.8 Å². The molecule has 0 fully saturated rings. The lowest BCUT2D eigenvalue weighted by molar-refractivity contribution is -0.114. The third kappa shape index (κ3) is 22.2. The van der Waals surface area contributed by atoms with Crippen molar-refractivity contribution in [3.8, 4) is 0 Å². The first-order chi connectivity index (χ1) is 15.0. The third-order valence-corrected chi connectivity index (χ3v) is 3.77. The number of hydrogen-bond donors (Lipinski definition) is 2. The molecule has 0 saturated carbocycles. The number of carbonyl (C=O) groups excluding carboxylic acids is 2. The van der Waals surface area contributed by atoms with Crippen LogP contribution in [0.2, 0.25) is 0 Å². The van der Waals surface area contributed by atoms with Gasteiger partial charge in [0.1, 0.15) is 0 Å². The van der Waals surface area contributed by atoms with E-state index >= 15 is 0 Å². The quantitative estimate of drug-likeness (QED) is 0.488. The first-order valence-corrected chi connectivity index (χ1v) is 12.5. The Labute approximate surface area is 196 Å². The minimum Gasteiger partial charge on any atom is -0.366 e. The minimum atomic E-state index is -0.379. The lowest BCUT2D eigenvalue weighted by Crippen LogP contribution is -2.09. The van der Waals surface area contributed by atoms with Crippen molar-refractivity contribution in [3.05, 3.63) is 65.7 Å². The van der Waals surface area contributed by atoms with Crippen LogP contribution in [0.15, 0.2) is 54.6 Å². The number of hydrogen-bond acceptors (Lipinski definition) is 3. The van der Waals surface area contributed by atoms with E-state index in [1.54, 1.807) is 24.3 Å². The second-order valence-corrected chi connectivity index (χ2v) is 5.98. The van der Waals surface area contributed by atoms with Crippen LogP contribution in [-0.2, 0) is 10.5 Å². The van der Waals surface area contributed by atoms with Gasteiger partial charge in [-0.25, -0.2) is 0 Å². The molecule has 0 aliphatic rings. The fraction of sp³-hybridized carbons (Fsp3) is 0.462. The van der Waals surface area contributed by atoms with Crippen LogP contribution in [0.5, 0.6) is 0 Å². The summed E-state index contributed by atoms with van der Waals surface area (Å²) >= 11 is 1.85. The number of amides is 2. The second-order valence-electron chi connectivity index (χ2n) is 4.71. The Bertz CT molecular complexity index is 632. The van der Waals surface area contributed by atoms with E-state index in [2.05, 4.69) is 12.2 Å². The number of anilines is 1. The molecule has 2 rings (SSSR count). The highest BCUT2D eigenvalue weighted by atomic mass is 32.2. The monoisotopic (exact) mass is 450 g/mol. The van der Waals surface area contributed by atoms with Crippen LogP contribution in [0.25, 0.3) is 0 Å². The van der Waals surface area contributed by atoms with Crippen molar-refractivity contribution in [2.75, 3.05) is 11.1 Å². The van der Waals surface area contributed by atoms with Gasteiger partial charge < -0.3 is 11.1 Å². The van der Waals surface area contributed by atoms with E-state index in [0.29, 0.717) is 5.56 Å². The largest absolute Gasteiger partial charge is 0.366 e. The van der Waals surface area contributed by atoms with E-state index in [1.165, 1.54) is 12.5 Å². The predicted molar refractivity (Wildman–Crippen MR) is 143 cm³/mol. The summed E-state index contributed by atoms with van der Waals surface area (Å²) in [7, 11) is 0. The first-order valence-electron chi connectivity index (χ1n) is 11.3. The van der Waals surface area contributed by atoms with Gasteiger partial charge in [-0.2, -0.15) is 11.8 Å². The molecule has 0 heterocycles. The van der Waals surface area contributed by atoms with E-state index in [0.717, 1.165) is 17.2 Å². The number of carbonyl (C=O) groups is 2. The summed E-state index contributed by atoms with van der Waals surface area (Å²) in [5.74, 6) is 1.65. The maximum Gasteiger partial charge on any atom is 0.248 e. The number of primary amides is 1. The third-order valence-electron chi connectivity index (χ3n) is 2.85. The fourth-order valence-electron chi connectivity index (χ4n) is 1.77. The number of rotatable bonds is 5. The first kappa shape index (κ1) is 36.1. The maximum atomic E-state index is 10.9. The summed E-state index contributed by atoms with van der Waals surface area (Å²) in [5.41, 5.74) is 7.65. The van der Waals surface area contributed by atoms with Gasteiger partial charge in [0.2, 0.25) is 11.8 Å². The normalized spacial score (nSPS) is 7.81. The molecule has 0 unspecified atom stereocenters. The van der Waals surface area contributed by atoms with Gasteiger partial charge >= 0.3 is 0 Å². The molecule has 5 heteroatoms. The zero-order valence-electron chi connectivity index (χ0n) is 21.4. The molecular formula is C26H46N2O2S. The smallest absolute Gasteiger partial charge is 0.248 e. The Kier molecular flexibility index (Phi) is 34.9. The highest BCUT2D eigenvalue weighted by molar-refractivity contribution is 7.98. The van der Waals surface area contributed by atoms with Crippen LogP contribution < -0.4 is 11.1 Å². The number of thioether (sulfide) groups is 1. The van der Waals surface area contributed by atoms with Crippen LogP contribution >= 0.6 is 11.8 Å². The lowest BCUT2D eigenvalue weighted by atomic mass is 10.2. The zero-order chi connectivity index (χ0) is 25.1. The molecule has 0 spiro atoms. The molecular weight excluding hydrogens is 404 g/mol. The Morgan fingerprint density at radius 3 is 1.65 bits per heavy atom. The zero-order valence-corrected chi connectivity index (χ0v) is 22.2. The van der Waals surface area contributed by atoms with Crippen LogP contribution in [0.1, 0.15) is 85.2 Å². The molecule has 2 aromatic rings. The van der Waals surface area contributed by atoms with E-state index in [4.69, 9.17) is 5.73 Å². The van der Waals surface area contributed by atoms with E-state index < -0.39 is 0 Å². The number of nitrogens with one attached hydrogen (secondary N) is 1. The molecule has 31 heavy (non-hydrogen) atoms. The molecule has 3 N–H and O–H groups in total. The van der Waals surface area contributed by atoms with Gasteiger partial charge in [0.15, 0.2) is 0 Å². The number of benzene rings is 2. The number of para-hydroxylation sites is 1. The molecule has 2 aromatic carbocycles. The van der Waals surface area contributed by atoms with Crippen LogP contribution in [0, 0.1) is 0 Å². The van der Waals surface area contributed by atoms with Gasteiger partial charge in [0.05, 0.1) is 0 Å². The summed E-state index contributed by atoms with van der Waals surface area (Å²) in [6.45, 7) is 19.7. The Hall–Kier alpha value is -2.27. The topological polar surface area (TPSA) is 72.2 Å². The molecule has 0 atom stereocenters. The van der Waals surface area contributed by atoms with Gasteiger partial charge in [-0.15, -0.1) is 0 Å². The van der Waals surface area contributed by atoms with Crippen molar-refractivity contribution < 1.29 is 9.59 Å². The highest BCUT2D eigenvalue weighted by Gasteiger charge is 2.02. The van der Waals surface area contributed by atoms with Gasteiger partial charge in [0, 0.05) is 23.9 Å². The van der Waals surface area contributed by atoms with Crippen molar-refractivity contribution in [1.29, 1.82) is 0 Å². The maximum absolute atomic E-state index is 10.9. The summed E-state index contributed by atoms with van der Waals surface area (Å²) in [5, 5.41) is 2.83. The predicted octanol–water partition coefficient (Wildman–Crippen LogP) is 7.79. The summed E-state index contributed by atoms with van der Waals surface area (Å²) < 4.78 is 0. The van der Waals surface area contributed by atoms with Crippen molar-refractivity contribution in [2.24, 2.45) is 5.73 Å². The van der Waals surface area contributed by atoms with Crippen LogP contribution in [0.3, 0.4) is 0 Å². The molecule has 2 amide bonds. The molecule has 178 valence electrons. The Morgan fingerprint density at radius 2 is 1.26 bits per heavy atom. The summed E-state index contributed by atoms with van der Waals surface area (Å²) in [6, 6.07) is 16.7. The van der Waals surface area contributed by atoms with Crippen molar-refractivity contribution in [2.45, 2.75) is 75.0 Å². The molecule has 0 saturated heterocycles. The van der Waals surface area contributed by atoms with Crippen molar-refractivity contribution >= 4 is 29.3 Å². The average Bonchev–Trinajstić information content (AvgIpc) is 2.84. The second kappa shape index (κ2) is 29.9. The Morgan fingerprint density at radius 1 is 0.806 bits per heavy atom. The molecule has 4 nitrogen and oxygen atoms in total. The minimum absolute atomic E-state index is 0.0149. The SMILES string of the molecule is CC.CC.CC.CC.CCSCc1ccccc1NC(C)=O.NC(=O)c1ccccc1. The average molecular weight is 451 g/mol. The molecule has 0 aliphatic heterocycles. The lowest BCUT2D eigenvalue weighted by Gasteiger charge is -2.08. The summed E-state index contributed by atoms with van der Waals surface area (Å²) in [4.78, 5) is 21.3.